The minimum Gasteiger partial charge on any atom is -0.497 e. The first kappa shape index (κ1) is 43.5. The van der Waals surface area contributed by atoms with Crippen LogP contribution in [0, 0.1) is 5.41 Å². The van der Waals surface area contributed by atoms with Gasteiger partial charge in [0.1, 0.15) is 11.5 Å². The van der Waals surface area contributed by atoms with Gasteiger partial charge in [-0.3, -0.25) is 4.79 Å². The first-order valence-corrected chi connectivity index (χ1v) is 21.0. The molecule has 3 aromatic carbocycles. The second-order valence-corrected chi connectivity index (χ2v) is 17.2. The molecule has 4 aliphatic rings. The number of methoxy groups -OCH3 is 1. The van der Waals surface area contributed by atoms with E-state index in [-0.39, 0.29) is 53.2 Å². The lowest BCUT2D eigenvalue weighted by molar-refractivity contribution is -0.137. The predicted molar refractivity (Wildman–Crippen MR) is 224 cm³/mol. The molecular weight excluding hydrogens is 797 g/mol. The second-order valence-electron chi connectivity index (χ2n) is 16.8. The maximum Gasteiger partial charge on any atom is 0.416 e. The summed E-state index contributed by atoms with van der Waals surface area (Å²) in [5.74, 6) is -0.290. The predicted octanol–water partition coefficient (Wildman–Crippen LogP) is 10.6. The molecule has 9 nitrogen and oxygen atoms in total. The Hall–Kier alpha value is -4.62. The Morgan fingerprint density at radius 3 is 2.52 bits per heavy atom. The maximum absolute atomic E-state index is 14.7. The SMILES string of the molecule is COc1ccc(NC(=O)N(CC2CCCO2)CC2(O)CCC3c4ccc(cc4C(=O)c4ccc(-c5cc(C(F)(F)F)ccc5Cl)o4)CC(O)CCC(C)=CCCC32C)cc1. The van der Waals surface area contributed by atoms with Crippen molar-refractivity contribution in [1.29, 1.82) is 0 Å². The number of ketones is 1. The van der Waals surface area contributed by atoms with Gasteiger partial charge in [-0.1, -0.05) is 42.3 Å². The van der Waals surface area contributed by atoms with Crippen LogP contribution in [-0.4, -0.2) is 71.5 Å². The number of fused-ring (bicyclic) bond motifs is 8. The summed E-state index contributed by atoms with van der Waals surface area (Å²) in [5.41, 5.74) is 0.254. The summed E-state index contributed by atoms with van der Waals surface area (Å²) in [6.45, 7) is 4.97. The molecule has 1 saturated carbocycles. The number of benzene rings is 3. The minimum atomic E-state index is -4.61. The van der Waals surface area contributed by atoms with Gasteiger partial charge in [0.15, 0.2) is 5.76 Å². The number of carbonyl (C=O) groups excluding carboxylic acids is 2. The van der Waals surface area contributed by atoms with E-state index in [1.165, 1.54) is 12.1 Å². The zero-order valence-corrected chi connectivity index (χ0v) is 34.9. The topological polar surface area (TPSA) is 121 Å². The largest absolute Gasteiger partial charge is 0.497 e. The van der Waals surface area contributed by atoms with Crippen molar-refractivity contribution >= 4 is 29.1 Å². The van der Waals surface area contributed by atoms with E-state index >= 15 is 0 Å². The number of nitrogens with one attached hydrogen (secondary N) is 1. The van der Waals surface area contributed by atoms with E-state index in [2.05, 4.69) is 11.4 Å². The number of rotatable bonds is 9. The molecule has 2 heterocycles. The molecule has 0 radical (unpaired) electrons. The highest BCUT2D eigenvalue weighted by Crippen LogP contribution is 2.59. The number of amides is 2. The maximum atomic E-state index is 14.7. The smallest absolute Gasteiger partial charge is 0.416 e. The van der Waals surface area contributed by atoms with E-state index in [9.17, 15) is 33.0 Å². The summed E-state index contributed by atoms with van der Waals surface area (Å²) in [4.78, 5) is 30.5. The Bertz CT molecular complexity index is 2220. The molecule has 4 aromatic rings. The fourth-order valence-corrected chi connectivity index (χ4v) is 9.48. The highest BCUT2D eigenvalue weighted by Gasteiger charge is 2.58. The second kappa shape index (κ2) is 17.8. The van der Waals surface area contributed by atoms with Crippen LogP contribution in [0.2, 0.25) is 5.02 Å². The first-order chi connectivity index (χ1) is 28.6. The number of alkyl halides is 3. The summed E-state index contributed by atoms with van der Waals surface area (Å²) in [5, 5.41) is 27.2. The van der Waals surface area contributed by atoms with Crippen molar-refractivity contribution in [3.05, 3.63) is 117 Å². The van der Waals surface area contributed by atoms with E-state index < -0.39 is 34.6 Å². The monoisotopic (exact) mass is 848 g/mol. The number of nitrogens with zero attached hydrogens (tertiary/aromatic N) is 1. The number of aliphatic hydroxyl groups is 2. The van der Waals surface area contributed by atoms with Gasteiger partial charge in [-0.2, -0.15) is 13.2 Å². The number of ether oxygens (including phenoxy) is 2. The van der Waals surface area contributed by atoms with Crippen LogP contribution in [0.1, 0.15) is 104 Å². The van der Waals surface area contributed by atoms with Gasteiger partial charge in [-0.15, -0.1) is 0 Å². The highest BCUT2D eigenvalue weighted by atomic mass is 35.5. The molecule has 5 unspecified atom stereocenters. The Morgan fingerprint density at radius 2 is 1.80 bits per heavy atom. The molecule has 1 saturated heterocycles. The zero-order chi connectivity index (χ0) is 42.8. The van der Waals surface area contributed by atoms with E-state index in [0.29, 0.717) is 74.1 Å². The third-order valence-electron chi connectivity index (χ3n) is 12.8. The van der Waals surface area contributed by atoms with Crippen molar-refractivity contribution in [3.8, 4) is 17.1 Å². The number of urea groups is 1. The molecule has 2 amide bonds. The Balaban J connectivity index is 1.26. The molecular formula is C47H52ClF3N2O7. The fourth-order valence-electron chi connectivity index (χ4n) is 9.27. The Labute approximate surface area is 353 Å². The summed E-state index contributed by atoms with van der Waals surface area (Å²) in [6, 6.07) is 18.0. The first-order valence-electron chi connectivity index (χ1n) is 20.6. The minimum absolute atomic E-state index is 0.00235. The molecule has 0 spiro atoms. The normalized spacial score (nSPS) is 24.7. The summed E-state index contributed by atoms with van der Waals surface area (Å²) < 4.78 is 58.2. The quantitative estimate of drug-likeness (QED) is 0.113. The van der Waals surface area contributed by atoms with Crippen LogP contribution >= 0.6 is 11.6 Å². The standard InChI is InChI=1S/C47H52ClF3N2O7/c1-29-6-4-21-45(2)39(20-22-46(45,57)28-53(27-35-7-5-23-59-35)44(56)52-32-11-14-34(58-3)15-12-32)36-16-9-30(24-33(54)13-8-29)25-37(36)43(55)42-19-18-41(60-42)38-26-31(47(49,50)51)10-17-40(38)48/h6,9-12,14-19,25-26,33,35,39,54,57H,4-5,7-8,13,20-24,27-28H2,1-3H3,(H,52,56). The zero-order valence-electron chi connectivity index (χ0n) is 34.1. The van der Waals surface area contributed by atoms with Crippen LogP contribution in [0.3, 0.4) is 0 Å². The van der Waals surface area contributed by atoms with Gasteiger partial charge in [0.25, 0.3) is 0 Å². The van der Waals surface area contributed by atoms with Crippen LogP contribution in [0.4, 0.5) is 23.7 Å². The summed E-state index contributed by atoms with van der Waals surface area (Å²) in [7, 11) is 1.57. The lowest BCUT2D eigenvalue weighted by Gasteiger charge is -2.46. The number of anilines is 1. The lowest BCUT2D eigenvalue weighted by Crippen LogP contribution is -2.55. The average Bonchev–Trinajstić information content (AvgIpc) is 3.97. The van der Waals surface area contributed by atoms with Gasteiger partial charge >= 0.3 is 12.2 Å². The van der Waals surface area contributed by atoms with Crippen LogP contribution in [-0.2, 0) is 17.3 Å². The van der Waals surface area contributed by atoms with Crippen LogP contribution in [0.15, 0.2) is 88.9 Å². The van der Waals surface area contributed by atoms with Crippen LogP contribution in [0.25, 0.3) is 11.3 Å². The molecule has 3 aliphatic carbocycles. The fraction of sp³-hybridized carbons (Fsp3) is 0.447. The van der Waals surface area contributed by atoms with Gasteiger partial charge < -0.3 is 34.3 Å². The van der Waals surface area contributed by atoms with E-state index in [1.807, 2.05) is 26.0 Å². The van der Waals surface area contributed by atoms with Crippen molar-refractivity contribution < 1.29 is 46.9 Å². The Kier molecular flexibility index (Phi) is 12.9. The van der Waals surface area contributed by atoms with E-state index in [4.69, 9.17) is 25.5 Å². The number of furan rings is 1. The molecule has 13 heteroatoms. The molecule has 2 bridgehead atoms. The molecule has 5 atom stereocenters. The van der Waals surface area contributed by atoms with Crippen LogP contribution < -0.4 is 10.1 Å². The lowest BCUT2D eigenvalue weighted by atomic mass is 9.64. The van der Waals surface area contributed by atoms with Crippen molar-refractivity contribution in [2.45, 2.75) is 102 Å². The number of hydrogen-bond donors (Lipinski definition) is 3. The summed E-state index contributed by atoms with van der Waals surface area (Å²) in [6.07, 6.45) is 1.79. The van der Waals surface area contributed by atoms with Gasteiger partial charge in [0, 0.05) is 35.4 Å². The number of allylic oxidation sites excluding steroid dienone is 2. The third-order valence-corrected chi connectivity index (χ3v) is 13.2. The van der Waals surface area contributed by atoms with E-state index in [0.717, 1.165) is 42.2 Å². The number of carbonyl (C=O) groups is 2. The van der Waals surface area contributed by atoms with Crippen molar-refractivity contribution in [3.63, 3.8) is 0 Å². The van der Waals surface area contributed by atoms with Crippen LogP contribution in [0.5, 0.6) is 5.75 Å². The number of halogens is 4. The highest BCUT2D eigenvalue weighted by molar-refractivity contribution is 6.33. The molecule has 2 fully saturated rings. The summed E-state index contributed by atoms with van der Waals surface area (Å²) >= 11 is 6.35. The number of aliphatic hydroxyl groups excluding tert-OH is 1. The Morgan fingerprint density at radius 1 is 1.02 bits per heavy atom. The van der Waals surface area contributed by atoms with Crippen molar-refractivity contribution in [2.24, 2.45) is 5.41 Å². The van der Waals surface area contributed by atoms with Gasteiger partial charge in [0.2, 0.25) is 5.78 Å². The molecule has 1 aromatic heterocycles. The molecule has 1 aliphatic heterocycles. The van der Waals surface area contributed by atoms with Gasteiger partial charge in [0.05, 0.1) is 42.0 Å². The van der Waals surface area contributed by atoms with Crippen molar-refractivity contribution in [2.75, 3.05) is 32.1 Å². The molecule has 320 valence electrons. The molecule has 8 rings (SSSR count). The molecule has 60 heavy (non-hydrogen) atoms. The van der Waals surface area contributed by atoms with E-state index in [1.54, 1.807) is 42.3 Å². The van der Waals surface area contributed by atoms with Gasteiger partial charge in [-0.05, 0) is 142 Å². The van der Waals surface area contributed by atoms with Gasteiger partial charge in [-0.25, -0.2) is 4.79 Å². The average molecular weight is 849 g/mol. The van der Waals surface area contributed by atoms with Crippen molar-refractivity contribution in [1.82, 2.24) is 4.90 Å². The number of hydrogen-bond acceptors (Lipinski definition) is 7. The molecule has 3 N–H and O–H groups in total. The third kappa shape index (κ3) is 9.32.